The molecule has 0 aliphatic carbocycles. The van der Waals surface area contributed by atoms with Gasteiger partial charge in [0.05, 0.1) is 10.8 Å². The number of halogens is 1. The van der Waals surface area contributed by atoms with Gasteiger partial charge in [0.25, 0.3) is 5.91 Å². The standard InChI is InChI=1S/C18H25FN2O5S/c1-12(2)20-17(22)13(3)26-18(23)14-8-10-21(11-9-14)27(24,25)16-6-4-15(19)5-7-16/h4-7,12-14H,8-11H2,1-3H3,(H,20,22)/t13-/m1/s1. The van der Waals surface area contributed by atoms with Crippen LogP contribution in [0, 0.1) is 11.7 Å². The van der Waals surface area contributed by atoms with E-state index in [4.69, 9.17) is 4.74 Å². The maximum absolute atomic E-state index is 13.0. The lowest BCUT2D eigenvalue weighted by atomic mass is 9.98. The third-order valence-electron chi connectivity index (χ3n) is 4.33. The quantitative estimate of drug-likeness (QED) is 0.734. The van der Waals surface area contributed by atoms with Crippen LogP contribution in [-0.4, -0.2) is 49.8 Å². The van der Waals surface area contributed by atoms with Crippen LogP contribution in [0.2, 0.25) is 0 Å². The number of rotatable bonds is 6. The van der Waals surface area contributed by atoms with Gasteiger partial charge in [-0.2, -0.15) is 4.31 Å². The first-order valence-corrected chi connectivity index (χ1v) is 10.3. The molecule has 0 aromatic heterocycles. The van der Waals surface area contributed by atoms with Crippen molar-refractivity contribution in [2.75, 3.05) is 13.1 Å². The number of amides is 1. The van der Waals surface area contributed by atoms with Crippen LogP contribution in [0.25, 0.3) is 0 Å². The summed E-state index contributed by atoms with van der Waals surface area (Å²) in [6, 6.07) is 4.58. The Bertz CT molecular complexity index is 771. The molecule has 0 radical (unpaired) electrons. The van der Waals surface area contributed by atoms with Gasteiger partial charge in [0.2, 0.25) is 10.0 Å². The van der Waals surface area contributed by atoms with Crippen molar-refractivity contribution in [2.45, 2.75) is 50.7 Å². The van der Waals surface area contributed by atoms with E-state index in [9.17, 15) is 22.4 Å². The second-order valence-electron chi connectivity index (χ2n) is 6.87. The Morgan fingerprint density at radius 2 is 1.70 bits per heavy atom. The fourth-order valence-electron chi connectivity index (χ4n) is 2.81. The number of piperidine rings is 1. The summed E-state index contributed by atoms with van der Waals surface area (Å²) in [5.41, 5.74) is 0. The minimum atomic E-state index is -3.73. The summed E-state index contributed by atoms with van der Waals surface area (Å²) in [7, 11) is -3.73. The molecule has 0 bridgehead atoms. The first-order valence-electron chi connectivity index (χ1n) is 8.88. The van der Waals surface area contributed by atoms with E-state index in [1.165, 1.54) is 23.4 Å². The molecular weight excluding hydrogens is 375 g/mol. The predicted molar refractivity (Wildman–Crippen MR) is 96.7 cm³/mol. The number of hydrogen-bond acceptors (Lipinski definition) is 5. The third kappa shape index (κ3) is 5.49. The highest BCUT2D eigenvalue weighted by molar-refractivity contribution is 7.89. The summed E-state index contributed by atoms with van der Waals surface area (Å²) in [4.78, 5) is 24.1. The van der Waals surface area contributed by atoms with Crippen molar-refractivity contribution < 1.29 is 27.1 Å². The Hall–Kier alpha value is -2.00. The summed E-state index contributed by atoms with van der Waals surface area (Å²) in [5, 5.41) is 2.67. The summed E-state index contributed by atoms with van der Waals surface area (Å²) in [5.74, 6) is -1.83. The molecule has 1 aliphatic rings. The number of esters is 1. The minimum Gasteiger partial charge on any atom is -0.452 e. The van der Waals surface area contributed by atoms with Crippen molar-refractivity contribution in [3.8, 4) is 0 Å². The Balaban J connectivity index is 1.91. The molecule has 150 valence electrons. The van der Waals surface area contributed by atoms with Gasteiger partial charge in [-0.3, -0.25) is 9.59 Å². The van der Waals surface area contributed by atoms with Gasteiger partial charge < -0.3 is 10.1 Å². The van der Waals surface area contributed by atoms with Crippen LogP contribution in [0.3, 0.4) is 0 Å². The fraction of sp³-hybridized carbons (Fsp3) is 0.556. The van der Waals surface area contributed by atoms with Crippen molar-refractivity contribution in [3.05, 3.63) is 30.1 Å². The van der Waals surface area contributed by atoms with Crippen molar-refractivity contribution >= 4 is 21.9 Å². The predicted octanol–water partition coefficient (Wildman–Crippen LogP) is 1.68. The molecule has 0 unspecified atom stereocenters. The first kappa shape index (κ1) is 21.3. The monoisotopic (exact) mass is 400 g/mol. The van der Waals surface area contributed by atoms with Gasteiger partial charge in [-0.25, -0.2) is 12.8 Å². The Labute approximate surface area is 158 Å². The molecule has 1 heterocycles. The van der Waals surface area contributed by atoms with Crippen LogP contribution in [0.1, 0.15) is 33.6 Å². The number of nitrogens with zero attached hydrogens (tertiary/aromatic N) is 1. The second kappa shape index (κ2) is 8.79. The van der Waals surface area contributed by atoms with E-state index in [-0.39, 0.29) is 29.9 Å². The molecule has 2 rings (SSSR count). The van der Waals surface area contributed by atoms with E-state index in [1.807, 2.05) is 13.8 Å². The van der Waals surface area contributed by atoms with E-state index >= 15 is 0 Å². The number of sulfonamides is 1. The summed E-state index contributed by atoms with van der Waals surface area (Å²) >= 11 is 0. The lowest BCUT2D eigenvalue weighted by molar-refractivity contribution is -0.160. The maximum Gasteiger partial charge on any atom is 0.309 e. The molecule has 1 N–H and O–H groups in total. The molecule has 1 aromatic rings. The van der Waals surface area contributed by atoms with Gasteiger partial charge in [0.15, 0.2) is 6.10 Å². The lowest BCUT2D eigenvalue weighted by Crippen LogP contribution is -2.43. The molecule has 0 spiro atoms. The van der Waals surface area contributed by atoms with Gasteiger partial charge in [-0.1, -0.05) is 0 Å². The van der Waals surface area contributed by atoms with Crippen LogP contribution in [-0.2, 0) is 24.3 Å². The Morgan fingerprint density at radius 3 is 2.22 bits per heavy atom. The molecule has 0 saturated carbocycles. The van der Waals surface area contributed by atoms with Gasteiger partial charge in [-0.05, 0) is 57.9 Å². The van der Waals surface area contributed by atoms with Crippen LogP contribution >= 0.6 is 0 Å². The zero-order valence-corrected chi connectivity index (χ0v) is 16.5. The largest absolute Gasteiger partial charge is 0.452 e. The third-order valence-corrected chi connectivity index (χ3v) is 6.24. The number of carbonyl (C=O) groups excluding carboxylic acids is 2. The number of carbonyl (C=O) groups is 2. The van der Waals surface area contributed by atoms with Gasteiger partial charge >= 0.3 is 5.97 Å². The topological polar surface area (TPSA) is 92.8 Å². The lowest BCUT2D eigenvalue weighted by Gasteiger charge is -2.30. The summed E-state index contributed by atoms with van der Waals surface area (Å²) in [6.45, 7) is 5.44. The van der Waals surface area contributed by atoms with Crippen LogP contribution in [0.4, 0.5) is 4.39 Å². The summed E-state index contributed by atoms with van der Waals surface area (Å²) in [6.07, 6.45) is -0.295. The number of benzene rings is 1. The number of nitrogens with one attached hydrogen (secondary N) is 1. The van der Waals surface area contributed by atoms with Gasteiger partial charge in [-0.15, -0.1) is 0 Å². The van der Waals surface area contributed by atoms with Crippen molar-refractivity contribution in [1.82, 2.24) is 9.62 Å². The van der Waals surface area contributed by atoms with E-state index in [2.05, 4.69) is 5.32 Å². The Morgan fingerprint density at radius 1 is 1.15 bits per heavy atom. The average Bonchev–Trinajstić information content (AvgIpc) is 2.61. The molecule has 1 aliphatic heterocycles. The van der Waals surface area contributed by atoms with Gasteiger partial charge in [0, 0.05) is 19.1 Å². The maximum atomic E-state index is 13.0. The molecule has 1 atom stereocenters. The zero-order chi connectivity index (χ0) is 20.2. The van der Waals surface area contributed by atoms with E-state index in [0.29, 0.717) is 12.8 Å². The average molecular weight is 400 g/mol. The normalized spacial score (nSPS) is 17.5. The molecule has 7 nitrogen and oxygen atoms in total. The highest BCUT2D eigenvalue weighted by atomic mass is 32.2. The molecule has 9 heteroatoms. The molecule has 1 fully saturated rings. The number of ether oxygens (including phenoxy) is 1. The first-order chi connectivity index (χ1) is 12.6. The second-order valence-corrected chi connectivity index (χ2v) is 8.81. The van der Waals surface area contributed by atoms with Crippen LogP contribution in [0.15, 0.2) is 29.2 Å². The van der Waals surface area contributed by atoms with Crippen molar-refractivity contribution in [1.29, 1.82) is 0 Å². The number of hydrogen-bond donors (Lipinski definition) is 1. The molecule has 27 heavy (non-hydrogen) atoms. The summed E-state index contributed by atoms with van der Waals surface area (Å²) < 4.78 is 44.6. The Kier molecular flexibility index (Phi) is 6.94. The van der Waals surface area contributed by atoms with Crippen molar-refractivity contribution in [3.63, 3.8) is 0 Å². The van der Waals surface area contributed by atoms with Crippen molar-refractivity contribution in [2.24, 2.45) is 5.92 Å². The zero-order valence-electron chi connectivity index (χ0n) is 15.6. The van der Waals surface area contributed by atoms with Gasteiger partial charge in [0.1, 0.15) is 5.82 Å². The highest BCUT2D eigenvalue weighted by Crippen LogP contribution is 2.25. The SMILES string of the molecule is CC(C)NC(=O)[C@@H](C)OC(=O)C1CCN(S(=O)(=O)c2ccc(F)cc2)CC1. The van der Waals surface area contributed by atoms with E-state index in [1.54, 1.807) is 0 Å². The molecular formula is C18H25FN2O5S. The van der Waals surface area contributed by atoms with Crippen LogP contribution in [0.5, 0.6) is 0 Å². The smallest absolute Gasteiger partial charge is 0.309 e. The van der Waals surface area contributed by atoms with Crippen LogP contribution < -0.4 is 5.32 Å². The molecule has 1 amide bonds. The minimum absolute atomic E-state index is 0.0175. The fourth-order valence-corrected chi connectivity index (χ4v) is 4.28. The molecule has 1 saturated heterocycles. The highest BCUT2D eigenvalue weighted by Gasteiger charge is 2.34. The molecule has 1 aromatic carbocycles. The van der Waals surface area contributed by atoms with E-state index < -0.39 is 33.8 Å². The van der Waals surface area contributed by atoms with E-state index in [0.717, 1.165) is 12.1 Å².